The smallest absolute Gasteiger partial charge is 0.0366 e. The van der Waals surface area contributed by atoms with Crippen molar-refractivity contribution in [2.45, 2.75) is 45.3 Å². The normalized spacial score (nSPS) is 33.1. The van der Waals surface area contributed by atoms with Gasteiger partial charge in [-0.05, 0) is 43.4 Å². The minimum atomic E-state index is 0.621. The lowest BCUT2D eigenvalue weighted by Crippen LogP contribution is -2.32. The summed E-state index contributed by atoms with van der Waals surface area (Å²) in [6.07, 6.45) is 2.60. The van der Waals surface area contributed by atoms with Gasteiger partial charge in [0.1, 0.15) is 0 Å². The SMILES string of the molecule is CC1CC(C)N(C2CCNCc3ccccc32)C1. The van der Waals surface area contributed by atoms with Crippen LogP contribution < -0.4 is 5.32 Å². The first kappa shape index (κ1) is 12.2. The van der Waals surface area contributed by atoms with Gasteiger partial charge >= 0.3 is 0 Å². The molecule has 0 radical (unpaired) electrons. The monoisotopic (exact) mass is 244 g/mol. The maximum Gasteiger partial charge on any atom is 0.0366 e. The van der Waals surface area contributed by atoms with Crippen molar-refractivity contribution in [1.82, 2.24) is 10.2 Å². The average molecular weight is 244 g/mol. The molecule has 18 heavy (non-hydrogen) atoms. The number of rotatable bonds is 1. The van der Waals surface area contributed by atoms with Crippen LogP contribution in [0.25, 0.3) is 0 Å². The van der Waals surface area contributed by atoms with Crippen LogP contribution in [0.4, 0.5) is 0 Å². The quantitative estimate of drug-likeness (QED) is 0.817. The zero-order valence-electron chi connectivity index (χ0n) is 11.5. The Hall–Kier alpha value is -0.860. The highest BCUT2D eigenvalue weighted by atomic mass is 15.2. The summed E-state index contributed by atoms with van der Waals surface area (Å²) in [6, 6.07) is 10.3. The number of likely N-dealkylation sites (tertiary alicyclic amines) is 1. The van der Waals surface area contributed by atoms with Crippen LogP contribution >= 0.6 is 0 Å². The summed E-state index contributed by atoms with van der Waals surface area (Å²) >= 11 is 0. The van der Waals surface area contributed by atoms with E-state index in [9.17, 15) is 0 Å². The summed E-state index contributed by atoms with van der Waals surface area (Å²) in [5.41, 5.74) is 3.05. The van der Waals surface area contributed by atoms with Crippen LogP contribution in [0.1, 0.15) is 43.9 Å². The van der Waals surface area contributed by atoms with Crippen molar-refractivity contribution >= 4 is 0 Å². The fraction of sp³-hybridized carbons (Fsp3) is 0.625. The molecule has 0 amide bonds. The summed E-state index contributed by atoms with van der Waals surface area (Å²) in [5, 5.41) is 3.56. The number of hydrogen-bond donors (Lipinski definition) is 1. The molecule has 98 valence electrons. The van der Waals surface area contributed by atoms with E-state index in [-0.39, 0.29) is 0 Å². The number of nitrogens with one attached hydrogen (secondary N) is 1. The van der Waals surface area contributed by atoms with E-state index >= 15 is 0 Å². The maximum absolute atomic E-state index is 3.56. The van der Waals surface area contributed by atoms with Crippen molar-refractivity contribution in [3.8, 4) is 0 Å². The van der Waals surface area contributed by atoms with Crippen LogP contribution in [0.2, 0.25) is 0 Å². The van der Waals surface area contributed by atoms with Crippen molar-refractivity contribution in [2.75, 3.05) is 13.1 Å². The molecule has 3 atom stereocenters. The number of nitrogens with zero attached hydrogens (tertiary/aromatic N) is 1. The standard InChI is InChI=1S/C16H24N2/c1-12-9-13(2)18(11-12)16-7-8-17-10-14-5-3-4-6-15(14)16/h3-6,12-13,16-17H,7-11H2,1-2H3. The third-order valence-electron chi connectivity index (χ3n) is 4.56. The molecule has 0 spiro atoms. The summed E-state index contributed by atoms with van der Waals surface area (Å²) in [5.74, 6) is 0.850. The van der Waals surface area contributed by atoms with E-state index in [1.807, 2.05) is 0 Å². The van der Waals surface area contributed by atoms with Crippen molar-refractivity contribution in [3.05, 3.63) is 35.4 Å². The van der Waals surface area contributed by atoms with Crippen LogP contribution in [0.5, 0.6) is 0 Å². The van der Waals surface area contributed by atoms with Gasteiger partial charge in [-0.25, -0.2) is 0 Å². The molecule has 2 heteroatoms. The van der Waals surface area contributed by atoms with Crippen LogP contribution in [-0.4, -0.2) is 24.0 Å². The Balaban J connectivity index is 1.92. The van der Waals surface area contributed by atoms with Crippen LogP contribution in [0.15, 0.2) is 24.3 Å². The van der Waals surface area contributed by atoms with Gasteiger partial charge in [0.15, 0.2) is 0 Å². The van der Waals surface area contributed by atoms with Crippen LogP contribution in [0.3, 0.4) is 0 Å². The van der Waals surface area contributed by atoms with Crippen LogP contribution in [0, 0.1) is 5.92 Å². The Labute approximate surface area is 110 Å². The van der Waals surface area contributed by atoms with Gasteiger partial charge in [0, 0.05) is 25.2 Å². The highest BCUT2D eigenvalue weighted by Gasteiger charge is 2.33. The van der Waals surface area contributed by atoms with E-state index in [0.29, 0.717) is 6.04 Å². The largest absolute Gasteiger partial charge is 0.313 e. The first-order valence-corrected chi connectivity index (χ1v) is 7.30. The Morgan fingerprint density at radius 2 is 2.06 bits per heavy atom. The topological polar surface area (TPSA) is 15.3 Å². The van der Waals surface area contributed by atoms with Gasteiger partial charge in [0.05, 0.1) is 0 Å². The van der Waals surface area contributed by atoms with Crippen molar-refractivity contribution < 1.29 is 0 Å². The summed E-state index contributed by atoms with van der Waals surface area (Å²) in [4.78, 5) is 2.73. The van der Waals surface area contributed by atoms with E-state index in [2.05, 4.69) is 48.3 Å². The molecule has 1 N–H and O–H groups in total. The molecule has 0 saturated carbocycles. The zero-order chi connectivity index (χ0) is 12.5. The van der Waals surface area contributed by atoms with Gasteiger partial charge in [-0.2, -0.15) is 0 Å². The van der Waals surface area contributed by atoms with E-state index in [1.165, 1.54) is 24.9 Å². The molecule has 1 fully saturated rings. The number of fused-ring (bicyclic) bond motifs is 1. The zero-order valence-corrected chi connectivity index (χ0v) is 11.5. The molecule has 3 unspecified atom stereocenters. The van der Waals surface area contributed by atoms with E-state index in [4.69, 9.17) is 0 Å². The maximum atomic E-state index is 3.56. The van der Waals surface area contributed by atoms with E-state index in [1.54, 1.807) is 5.56 Å². The summed E-state index contributed by atoms with van der Waals surface area (Å²) in [6.45, 7) is 8.21. The first-order chi connectivity index (χ1) is 8.75. The second kappa shape index (κ2) is 5.02. The molecular formula is C16H24N2. The van der Waals surface area contributed by atoms with Crippen LogP contribution in [-0.2, 0) is 6.54 Å². The van der Waals surface area contributed by atoms with Gasteiger partial charge in [0.25, 0.3) is 0 Å². The molecule has 1 aromatic rings. The first-order valence-electron chi connectivity index (χ1n) is 7.30. The highest BCUT2D eigenvalue weighted by molar-refractivity contribution is 5.31. The molecule has 3 rings (SSSR count). The average Bonchev–Trinajstić information content (AvgIpc) is 2.60. The lowest BCUT2D eigenvalue weighted by Gasteiger charge is -2.32. The Morgan fingerprint density at radius 3 is 2.83 bits per heavy atom. The molecule has 0 bridgehead atoms. The lowest BCUT2D eigenvalue weighted by atomic mass is 9.97. The molecule has 2 aliphatic rings. The molecule has 1 saturated heterocycles. The van der Waals surface area contributed by atoms with Crippen molar-refractivity contribution in [1.29, 1.82) is 0 Å². The molecule has 2 heterocycles. The Kier molecular flexibility index (Phi) is 3.40. The summed E-state index contributed by atoms with van der Waals surface area (Å²) < 4.78 is 0. The molecule has 1 aromatic carbocycles. The number of benzene rings is 1. The minimum Gasteiger partial charge on any atom is -0.313 e. The number of hydrogen-bond acceptors (Lipinski definition) is 2. The Bertz CT molecular complexity index is 415. The summed E-state index contributed by atoms with van der Waals surface area (Å²) in [7, 11) is 0. The van der Waals surface area contributed by atoms with E-state index in [0.717, 1.165) is 25.0 Å². The lowest BCUT2D eigenvalue weighted by molar-refractivity contribution is 0.180. The highest BCUT2D eigenvalue weighted by Crippen LogP contribution is 2.36. The van der Waals surface area contributed by atoms with E-state index < -0.39 is 0 Å². The van der Waals surface area contributed by atoms with Crippen molar-refractivity contribution in [3.63, 3.8) is 0 Å². The van der Waals surface area contributed by atoms with Gasteiger partial charge in [0.2, 0.25) is 0 Å². The second-order valence-electron chi connectivity index (χ2n) is 6.07. The molecular weight excluding hydrogens is 220 g/mol. The van der Waals surface area contributed by atoms with Gasteiger partial charge in [-0.3, -0.25) is 4.90 Å². The Morgan fingerprint density at radius 1 is 1.22 bits per heavy atom. The van der Waals surface area contributed by atoms with Gasteiger partial charge in [-0.1, -0.05) is 31.2 Å². The van der Waals surface area contributed by atoms with Gasteiger partial charge < -0.3 is 5.32 Å². The molecule has 2 aliphatic heterocycles. The molecule has 0 aromatic heterocycles. The minimum absolute atomic E-state index is 0.621. The second-order valence-corrected chi connectivity index (χ2v) is 6.07. The third-order valence-corrected chi connectivity index (χ3v) is 4.56. The van der Waals surface area contributed by atoms with Crippen molar-refractivity contribution in [2.24, 2.45) is 5.92 Å². The molecule has 0 aliphatic carbocycles. The predicted molar refractivity (Wildman–Crippen MR) is 75.5 cm³/mol. The fourth-order valence-corrected chi connectivity index (χ4v) is 3.75. The third kappa shape index (κ3) is 2.19. The fourth-order valence-electron chi connectivity index (χ4n) is 3.75. The van der Waals surface area contributed by atoms with Gasteiger partial charge in [-0.15, -0.1) is 0 Å². The molecule has 2 nitrogen and oxygen atoms in total. The predicted octanol–water partition coefficient (Wildman–Crippen LogP) is 2.95.